The molecule has 8 nitrogen and oxygen atoms in total. The number of methoxy groups -OCH3 is 1. The van der Waals surface area contributed by atoms with E-state index in [1.165, 1.54) is 13.4 Å². The number of carbonyl (C=O) groups is 2. The van der Waals surface area contributed by atoms with E-state index in [-0.39, 0.29) is 18.6 Å². The minimum Gasteiger partial charge on any atom is -0.467 e. The largest absolute Gasteiger partial charge is 0.467 e. The van der Waals surface area contributed by atoms with Gasteiger partial charge in [-0.3, -0.25) is 4.79 Å². The molecule has 1 aromatic heterocycles. The first kappa shape index (κ1) is 23.6. The first-order valence-electron chi connectivity index (χ1n) is 9.65. The second-order valence-corrected chi connectivity index (χ2v) is 10.9. The molecule has 0 saturated carbocycles. The average molecular weight is 436 g/mol. The summed E-state index contributed by atoms with van der Waals surface area (Å²) in [4.78, 5) is 32.1. The monoisotopic (exact) mass is 435 g/mol. The van der Waals surface area contributed by atoms with Gasteiger partial charge < -0.3 is 15.0 Å². The van der Waals surface area contributed by atoms with Crippen LogP contribution < -0.4 is 5.32 Å². The average Bonchev–Trinajstić information content (AvgIpc) is 3.19. The van der Waals surface area contributed by atoms with Crippen LogP contribution in [0.1, 0.15) is 32.0 Å². The number of hydrogen-bond donors (Lipinski definition) is 2. The molecule has 0 aliphatic heterocycles. The maximum absolute atomic E-state index is 13.1. The molecule has 1 aromatic carbocycles. The smallest absolute Gasteiger partial charge is 0.328 e. The highest BCUT2D eigenvalue weighted by Gasteiger charge is 2.35. The van der Waals surface area contributed by atoms with Crippen molar-refractivity contribution < 1.29 is 22.7 Å². The summed E-state index contributed by atoms with van der Waals surface area (Å²) in [6.45, 7) is 4.82. The first-order chi connectivity index (χ1) is 14.0. The predicted octanol–water partition coefficient (Wildman–Crippen LogP) is 1.68. The number of amides is 1. The molecule has 1 unspecified atom stereocenters. The van der Waals surface area contributed by atoms with Crippen LogP contribution in [-0.4, -0.2) is 53.9 Å². The maximum Gasteiger partial charge on any atom is 0.328 e. The van der Waals surface area contributed by atoms with E-state index in [9.17, 15) is 18.0 Å². The number of aromatic amines is 1. The summed E-state index contributed by atoms with van der Waals surface area (Å²) in [6.07, 6.45) is 3.41. The van der Waals surface area contributed by atoms with Crippen molar-refractivity contribution in [3.63, 3.8) is 0 Å². The van der Waals surface area contributed by atoms with Gasteiger partial charge in [-0.25, -0.2) is 18.2 Å². The molecule has 0 radical (unpaired) electrons. The summed E-state index contributed by atoms with van der Waals surface area (Å²) in [6, 6.07) is 8.23. The highest BCUT2D eigenvalue weighted by molar-refractivity contribution is 7.92. The maximum atomic E-state index is 13.1. The number of hydrogen-bond acceptors (Lipinski definition) is 6. The van der Waals surface area contributed by atoms with Crippen molar-refractivity contribution in [1.29, 1.82) is 0 Å². The second-order valence-electron chi connectivity index (χ2n) is 8.15. The van der Waals surface area contributed by atoms with Gasteiger partial charge in [0.05, 0.1) is 29.9 Å². The third-order valence-electron chi connectivity index (χ3n) is 4.83. The van der Waals surface area contributed by atoms with Gasteiger partial charge in [0.25, 0.3) is 0 Å². The number of ether oxygens (including phenoxy) is 1. The normalized spacial score (nSPS) is 14.0. The molecule has 0 spiro atoms. The van der Waals surface area contributed by atoms with E-state index in [2.05, 4.69) is 15.3 Å². The molecule has 2 rings (SSSR count). The molecule has 2 aromatic rings. The Morgan fingerprint density at radius 3 is 2.37 bits per heavy atom. The number of H-pyrrole nitrogens is 1. The van der Waals surface area contributed by atoms with Crippen molar-refractivity contribution in [3.8, 4) is 0 Å². The van der Waals surface area contributed by atoms with E-state index < -0.39 is 38.4 Å². The van der Waals surface area contributed by atoms with Gasteiger partial charge in [0.2, 0.25) is 5.91 Å². The number of rotatable bonds is 9. The number of carbonyl (C=O) groups excluding carboxylic acids is 2. The molecule has 0 aliphatic carbocycles. The topological polar surface area (TPSA) is 118 Å². The Kier molecular flexibility index (Phi) is 7.77. The third-order valence-corrected chi connectivity index (χ3v) is 7.54. The Labute approximate surface area is 177 Å². The number of benzene rings is 1. The van der Waals surface area contributed by atoms with Crippen LogP contribution in [0.2, 0.25) is 0 Å². The van der Waals surface area contributed by atoms with Gasteiger partial charge in [0.1, 0.15) is 6.04 Å². The number of aromatic nitrogens is 2. The highest BCUT2D eigenvalue weighted by atomic mass is 32.2. The zero-order valence-electron chi connectivity index (χ0n) is 17.7. The van der Waals surface area contributed by atoms with Crippen LogP contribution in [0.25, 0.3) is 0 Å². The zero-order valence-corrected chi connectivity index (χ0v) is 18.5. The van der Waals surface area contributed by atoms with Gasteiger partial charge in [-0.2, -0.15) is 0 Å². The fraction of sp³-hybridized carbons (Fsp3) is 0.476. The van der Waals surface area contributed by atoms with Crippen molar-refractivity contribution >= 4 is 21.7 Å². The molecule has 0 bridgehead atoms. The van der Waals surface area contributed by atoms with E-state index in [1.807, 2.05) is 30.3 Å². The Morgan fingerprint density at radius 2 is 1.83 bits per heavy atom. The molecule has 1 heterocycles. The van der Waals surface area contributed by atoms with Crippen molar-refractivity contribution in [2.45, 2.75) is 44.4 Å². The van der Waals surface area contributed by atoms with E-state index in [0.717, 1.165) is 5.56 Å². The quantitative estimate of drug-likeness (QED) is 0.579. The lowest BCUT2D eigenvalue weighted by Crippen LogP contribution is -2.48. The van der Waals surface area contributed by atoms with Crippen LogP contribution in [0.4, 0.5) is 0 Å². The Morgan fingerprint density at radius 1 is 1.17 bits per heavy atom. The standard InChI is InChI=1S/C21H29N3O5S/c1-21(2,3)30(27,28)13-16(10-15-8-6-5-7-9-15)19(25)24-18(20(26)29-4)11-17-12-22-14-23-17/h5-9,12,14,16,18H,10-11,13H2,1-4H3,(H,22,23)(H,24,25)/t16?,18-/m0/s1. The molecule has 0 fully saturated rings. The lowest BCUT2D eigenvalue weighted by atomic mass is 9.99. The number of imidazole rings is 1. The number of nitrogens with one attached hydrogen (secondary N) is 2. The van der Waals surface area contributed by atoms with Crippen LogP contribution in [0, 0.1) is 5.92 Å². The molecule has 2 N–H and O–H groups in total. The molecule has 0 saturated heterocycles. The summed E-state index contributed by atoms with van der Waals surface area (Å²) in [5.41, 5.74) is 1.48. The summed E-state index contributed by atoms with van der Waals surface area (Å²) in [5, 5.41) is 2.67. The molecular weight excluding hydrogens is 406 g/mol. The molecule has 2 atom stereocenters. The van der Waals surface area contributed by atoms with Gasteiger partial charge in [-0.1, -0.05) is 30.3 Å². The van der Waals surface area contributed by atoms with Gasteiger partial charge in [0.15, 0.2) is 9.84 Å². The van der Waals surface area contributed by atoms with Crippen molar-refractivity contribution in [2.24, 2.45) is 5.92 Å². The van der Waals surface area contributed by atoms with Gasteiger partial charge in [-0.05, 0) is 32.8 Å². The lowest BCUT2D eigenvalue weighted by molar-refractivity contribution is -0.145. The summed E-state index contributed by atoms with van der Waals surface area (Å²) in [5.74, 6) is -2.31. The first-order valence-corrected chi connectivity index (χ1v) is 11.3. The van der Waals surface area contributed by atoms with Crippen LogP contribution in [0.3, 0.4) is 0 Å². The Hall–Kier alpha value is -2.68. The molecule has 0 aliphatic rings. The summed E-state index contributed by atoms with van der Waals surface area (Å²) >= 11 is 0. The lowest BCUT2D eigenvalue weighted by Gasteiger charge is -2.25. The Bertz CT molecular complexity index is 935. The molecule has 30 heavy (non-hydrogen) atoms. The second kappa shape index (κ2) is 9.88. The van der Waals surface area contributed by atoms with Gasteiger partial charge in [-0.15, -0.1) is 0 Å². The van der Waals surface area contributed by atoms with Crippen molar-refractivity contribution in [3.05, 3.63) is 54.1 Å². The van der Waals surface area contributed by atoms with E-state index >= 15 is 0 Å². The van der Waals surface area contributed by atoms with Crippen molar-refractivity contribution in [2.75, 3.05) is 12.9 Å². The Balaban J connectivity index is 2.26. The predicted molar refractivity (Wildman–Crippen MR) is 113 cm³/mol. The number of esters is 1. The minimum atomic E-state index is -3.57. The van der Waals surface area contributed by atoms with Crippen LogP contribution in [0.5, 0.6) is 0 Å². The minimum absolute atomic E-state index is 0.155. The van der Waals surface area contributed by atoms with Crippen LogP contribution in [0.15, 0.2) is 42.9 Å². The molecular formula is C21H29N3O5S. The SMILES string of the molecule is COC(=O)[C@H](Cc1cnc[nH]1)NC(=O)C(Cc1ccccc1)CS(=O)(=O)C(C)(C)C. The molecule has 164 valence electrons. The highest BCUT2D eigenvalue weighted by Crippen LogP contribution is 2.21. The zero-order chi connectivity index (χ0) is 22.4. The van der Waals surface area contributed by atoms with Crippen LogP contribution in [-0.2, 0) is 37.0 Å². The third kappa shape index (κ3) is 6.41. The number of nitrogens with zero attached hydrogens (tertiary/aromatic N) is 1. The van der Waals surface area contributed by atoms with Gasteiger partial charge >= 0.3 is 5.97 Å². The molecule has 9 heteroatoms. The molecule has 1 amide bonds. The van der Waals surface area contributed by atoms with E-state index in [4.69, 9.17) is 4.74 Å². The van der Waals surface area contributed by atoms with E-state index in [0.29, 0.717) is 5.69 Å². The fourth-order valence-electron chi connectivity index (χ4n) is 2.88. The van der Waals surface area contributed by atoms with E-state index in [1.54, 1.807) is 27.0 Å². The van der Waals surface area contributed by atoms with Crippen molar-refractivity contribution in [1.82, 2.24) is 15.3 Å². The summed E-state index contributed by atoms with van der Waals surface area (Å²) < 4.78 is 29.4. The number of sulfone groups is 1. The van der Waals surface area contributed by atoms with Gasteiger partial charge in [0, 0.05) is 18.3 Å². The summed E-state index contributed by atoms with van der Waals surface area (Å²) in [7, 11) is -2.33. The fourth-order valence-corrected chi connectivity index (χ4v) is 4.18. The van der Waals surface area contributed by atoms with Crippen LogP contribution >= 0.6 is 0 Å².